The summed E-state index contributed by atoms with van der Waals surface area (Å²) in [5.41, 5.74) is 1.31. The summed E-state index contributed by atoms with van der Waals surface area (Å²) in [6.07, 6.45) is 3.22. The topological polar surface area (TPSA) is 75.4 Å². The number of carboxylic acid groups (broad SMARTS) is 1. The lowest BCUT2D eigenvalue weighted by Gasteiger charge is -2.20. The standard InChI is InChI=1S/C12H14ClN3O2/c1-3-6(4-2)8-9-7(5-14-12(13)16-9)15-10(8)11(17)18/h5-6,8H,3-4H2,1-2H3,(H,17,18). The van der Waals surface area contributed by atoms with Gasteiger partial charge in [0.2, 0.25) is 5.28 Å². The van der Waals surface area contributed by atoms with Crippen molar-refractivity contribution in [2.75, 3.05) is 0 Å². The fourth-order valence-electron chi connectivity index (χ4n) is 2.40. The van der Waals surface area contributed by atoms with E-state index in [0.717, 1.165) is 12.8 Å². The van der Waals surface area contributed by atoms with Crippen molar-refractivity contribution in [1.82, 2.24) is 9.97 Å². The third-order valence-corrected chi connectivity index (χ3v) is 3.52. The molecule has 2 rings (SSSR count). The number of fused-ring (bicyclic) bond motifs is 1. The molecule has 1 aliphatic heterocycles. The Morgan fingerprint density at radius 3 is 2.72 bits per heavy atom. The van der Waals surface area contributed by atoms with Crippen LogP contribution in [0.2, 0.25) is 5.28 Å². The van der Waals surface area contributed by atoms with Crippen molar-refractivity contribution in [3.63, 3.8) is 0 Å². The highest BCUT2D eigenvalue weighted by Crippen LogP contribution is 2.40. The fourth-order valence-corrected chi connectivity index (χ4v) is 2.54. The van der Waals surface area contributed by atoms with Crippen LogP contribution in [-0.4, -0.2) is 26.8 Å². The minimum Gasteiger partial charge on any atom is -0.477 e. The minimum atomic E-state index is -0.999. The van der Waals surface area contributed by atoms with E-state index >= 15 is 0 Å². The summed E-state index contributed by atoms with van der Waals surface area (Å²) in [6.45, 7) is 4.07. The molecule has 0 aliphatic carbocycles. The van der Waals surface area contributed by atoms with E-state index in [2.05, 4.69) is 15.0 Å². The molecular weight excluding hydrogens is 254 g/mol. The Balaban J connectivity index is 2.51. The quantitative estimate of drug-likeness (QED) is 0.851. The number of hydrogen-bond donors (Lipinski definition) is 1. The Bertz CT molecular complexity index is 512. The Hall–Kier alpha value is -1.49. The molecule has 2 heterocycles. The monoisotopic (exact) mass is 267 g/mol. The molecule has 0 amide bonds. The predicted octanol–water partition coefficient (Wildman–Crippen LogP) is 2.82. The zero-order valence-electron chi connectivity index (χ0n) is 10.2. The van der Waals surface area contributed by atoms with Gasteiger partial charge in [0.05, 0.1) is 17.8 Å². The van der Waals surface area contributed by atoms with E-state index in [-0.39, 0.29) is 22.8 Å². The zero-order valence-corrected chi connectivity index (χ0v) is 11.0. The maximum absolute atomic E-state index is 11.3. The molecule has 1 unspecified atom stereocenters. The van der Waals surface area contributed by atoms with Crippen molar-refractivity contribution in [2.45, 2.75) is 32.6 Å². The van der Waals surface area contributed by atoms with Gasteiger partial charge in [-0.1, -0.05) is 26.7 Å². The van der Waals surface area contributed by atoms with E-state index in [9.17, 15) is 9.90 Å². The molecule has 0 radical (unpaired) electrons. The minimum absolute atomic E-state index is 0.131. The van der Waals surface area contributed by atoms with Crippen molar-refractivity contribution in [3.05, 3.63) is 17.2 Å². The zero-order chi connectivity index (χ0) is 13.3. The molecule has 0 saturated carbocycles. The first-order chi connectivity index (χ1) is 8.58. The fraction of sp³-hybridized carbons (Fsp3) is 0.500. The first-order valence-corrected chi connectivity index (χ1v) is 6.30. The second-order valence-electron chi connectivity index (χ2n) is 4.27. The number of aliphatic imine (C=N–C) groups is 1. The van der Waals surface area contributed by atoms with Gasteiger partial charge in [0.1, 0.15) is 11.4 Å². The molecule has 0 saturated heterocycles. The predicted molar refractivity (Wildman–Crippen MR) is 68.6 cm³/mol. The largest absolute Gasteiger partial charge is 0.477 e. The maximum atomic E-state index is 11.3. The van der Waals surface area contributed by atoms with Gasteiger partial charge in [-0.25, -0.2) is 19.8 Å². The number of carbonyl (C=O) groups is 1. The third-order valence-electron chi connectivity index (χ3n) is 3.34. The Morgan fingerprint density at radius 1 is 1.50 bits per heavy atom. The summed E-state index contributed by atoms with van der Waals surface area (Å²) in [5, 5.41) is 9.38. The number of hydrogen-bond acceptors (Lipinski definition) is 4. The highest BCUT2D eigenvalue weighted by atomic mass is 35.5. The van der Waals surface area contributed by atoms with Crippen LogP contribution in [0.3, 0.4) is 0 Å². The summed E-state index contributed by atoms with van der Waals surface area (Å²) in [6, 6.07) is 0. The molecule has 0 fully saturated rings. The lowest BCUT2D eigenvalue weighted by atomic mass is 9.83. The molecular formula is C12H14ClN3O2. The van der Waals surface area contributed by atoms with Gasteiger partial charge in [-0.15, -0.1) is 0 Å². The average molecular weight is 268 g/mol. The van der Waals surface area contributed by atoms with Gasteiger partial charge in [0, 0.05) is 0 Å². The van der Waals surface area contributed by atoms with E-state index in [0.29, 0.717) is 11.4 Å². The molecule has 5 nitrogen and oxygen atoms in total. The van der Waals surface area contributed by atoms with Crippen molar-refractivity contribution >= 4 is 29.0 Å². The molecule has 1 atom stereocenters. The Kier molecular flexibility index (Phi) is 3.61. The molecule has 1 aliphatic rings. The first-order valence-electron chi connectivity index (χ1n) is 5.92. The van der Waals surface area contributed by atoms with Crippen LogP contribution in [0.25, 0.3) is 0 Å². The van der Waals surface area contributed by atoms with E-state index in [4.69, 9.17) is 11.6 Å². The van der Waals surface area contributed by atoms with Crippen molar-refractivity contribution in [1.29, 1.82) is 0 Å². The lowest BCUT2D eigenvalue weighted by Crippen LogP contribution is -2.25. The highest BCUT2D eigenvalue weighted by molar-refractivity contribution is 6.39. The molecule has 1 N–H and O–H groups in total. The summed E-state index contributed by atoms with van der Waals surface area (Å²) in [7, 11) is 0. The smallest absolute Gasteiger partial charge is 0.350 e. The number of aliphatic carboxylic acids is 1. The van der Waals surface area contributed by atoms with Crippen molar-refractivity contribution in [2.24, 2.45) is 10.9 Å². The Labute approximate surface area is 110 Å². The van der Waals surface area contributed by atoms with Crippen LogP contribution in [0.1, 0.15) is 38.3 Å². The summed E-state index contributed by atoms with van der Waals surface area (Å²) in [5.74, 6) is -1.08. The number of halogens is 1. The maximum Gasteiger partial charge on any atom is 0.350 e. The second-order valence-corrected chi connectivity index (χ2v) is 4.60. The van der Waals surface area contributed by atoms with Crippen LogP contribution < -0.4 is 0 Å². The van der Waals surface area contributed by atoms with Gasteiger partial charge in [-0.3, -0.25) is 0 Å². The summed E-state index contributed by atoms with van der Waals surface area (Å²) in [4.78, 5) is 23.4. The number of aromatic nitrogens is 2. The first kappa shape index (κ1) is 13.0. The van der Waals surface area contributed by atoms with Crippen LogP contribution in [0.15, 0.2) is 11.2 Å². The second kappa shape index (κ2) is 5.02. The highest BCUT2D eigenvalue weighted by Gasteiger charge is 2.37. The van der Waals surface area contributed by atoms with E-state index < -0.39 is 5.97 Å². The molecule has 0 bridgehead atoms. The SMILES string of the molecule is CCC(CC)C1C(C(=O)O)=Nc2cnc(Cl)nc21. The summed E-state index contributed by atoms with van der Waals surface area (Å²) < 4.78 is 0. The van der Waals surface area contributed by atoms with Crippen LogP contribution in [0.5, 0.6) is 0 Å². The van der Waals surface area contributed by atoms with E-state index in [1.54, 1.807) is 0 Å². The third kappa shape index (κ3) is 2.10. The normalized spacial score (nSPS) is 17.8. The molecule has 1 aromatic rings. The van der Waals surface area contributed by atoms with Crippen LogP contribution in [0.4, 0.5) is 5.69 Å². The number of rotatable bonds is 4. The Morgan fingerprint density at radius 2 is 2.17 bits per heavy atom. The number of carboxylic acids is 1. The molecule has 0 aromatic carbocycles. The summed E-state index contributed by atoms with van der Waals surface area (Å²) >= 11 is 5.79. The van der Waals surface area contributed by atoms with E-state index in [1.807, 2.05) is 13.8 Å². The average Bonchev–Trinajstić information content (AvgIpc) is 2.70. The van der Waals surface area contributed by atoms with Gasteiger partial charge in [0.15, 0.2) is 0 Å². The lowest BCUT2D eigenvalue weighted by molar-refractivity contribution is -0.129. The van der Waals surface area contributed by atoms with Crippen LogP contribution in [-0.2, 0) is 4.79 Å². The van der Waals surface area contributed by atoms with Gasteiger partial charge >= 0.3 is 5.97 Å². The van der Waals surface area contributed by atoms with Gasteiger partial charge in [-0.05, 0) is 17.5 Å². The van der Waals surface area contributed by atoms with Crippen LogP contribution in [0, 0.1) is 5.92 Å². The molecule has 1 aromatic heterocycles. The van der Waals surface area contributed by atoms with Gasteiger partial charge < -0.3 is 5.11 Å². The van der Waals surface area contributed by atoms with E-state index in [1.165, 1.54) is 6.20 Å². The van der Waals surface area contributed by atoms with Gasteiger partial charge in [-0.2, -0.15) is 0 Å². The van der Waals surface area contributed by atoms with Gasteiger partial charge in [0.25, 0.3) is 0 Å². The number of nitrogens with zero attached hydrogens (tertiary/aromatic N) is 3. The van der Waals surface area contributed by atoms with Crippen molar-refractivity contribution in [3.8, 4) is 0 Å². The molecule has 0 spiro atoms. The van der Waals surface area contributed by atoms with Crippen molar-refractivity contribution < 1.29 is 9.90 Å². The van der Waals surface area contributed by atoms with Crippen LogP contribution >= 0.6 is 11.6 Å². The molecule has 96 valence electrons. The molecule has 6 heteroatoms. The molecule has 18 heavy (non-hydrogen) atoms.